The van der Waals surface area contributed by atoms with Crippen LogP contribution in [0.25, 0.3) is 0 Å². The highest BCUT2D eigenvalue weighted by molar-refractivity contribution is 6.31. The van der Waals surface area contributed by atoms with Crippen LogP contribution < -0.4 is 0 Å². The van der Waals surface area contributed by atoms with E-state index < -0.39 is 0 Å². The number of hydrogen-bond donors (Lipinski definition) is 0. The van der Waals surface area contributed by atoms with Crippen LogP contribution in [0.3, 0.4) is 0 Å². The predicted octanol–water partition coefficient (Wildman–Crippen LogP) is 2.12. The highest BCUT2D eigenvalue weighted by atomic mass is 35.5. The predicted molar refractivity (Wildman–Crippen MR) is 81.3 cm³/mol. The zero-order chi connectivity index (χ0) is 15.2. The number of likely N-dealkylation sites (tertiary alicyclic amines) is 2. The van der Waals surface area contributed by atoms with Crippen molar-refractivity contribution in [2.75, 3.05) is 26.2 Å². The zero-order valence-electron chi connectivity index (χ0n) is 11.9. The van der Waals surface area contributed by atoms with Crippen LogP contribution in [0.1, 0.15) is 15.9 Å². The number of amides is 2. The maximum Gasteiger partial charge on any atom is 0.253 e. The number of aryl methyl sites for hydroxylation is 1. The average Bonchev–Trinajstić information content (AvgIpc) is 2.33. The van der Waals surface area contributed by atoms with E-state index >= 15 is 0 Å². The first-order valence-corrected chi connectivity index (χ1v) is 7.28. The van der Waals surface area contributed by atoms with Gasteiger partial charge in [-0.25, -0.2) is 0 Å². The summed E-state index contributed by atoms with van der Waals surface area (Å²) in [5, 5.41) is 0.583. The minimum atomic E-state index is -0.0316. The molecule has 2 aliphatic heterocycles. The van der Waals surface area contributed by atoms with Crippen molar-refractivity contribution in [1.29, 1.82) is 0 Å². The third-order valence-electron chi connectivity index (χ3n) is 4.17. The molecule has 0 N–H and O–H groups in total. The van der Waals surface area contributed by atoms with E-state index in [1.165, 1.54) is 6.08 Å². The second kappa shape index (κ2) is 4.88. The first kappa shape index (κ1) is 14.1. The summed E-state index contributed by atoms with van der Waals surface area (Å²) in [4.78, 5) is 27.4. The van der Waals surface area contributed by atoms with E-state index in [0.717, 1.165) is 18.7 Å². The van der Waals surface area contributed by atoms with Crippen molar-refractivity contribution in [2.24, 2.45) is 5.41 Å². The van der Waals surface area contributed by atoms with Crippen molar-refractivity contribution in [3.63, 3.8) is 0 Å². The fourth-order valence-electron chi connectivity index (χ4n) is 3.20. The molecule has 1 aromatic carbocycles. The van der Waals surface area contributed by atoms with Gasteiger partial charge in [-0.05, 0) is 36.8 Å². The van der Waals surface area contributed by atoms with Crippen LogP contribution in [0.2, 0.25) is 5.02 Å². The number of rotatable bonds is 2. The molecule has 5 heteroatoms. The summed E-state index contributed by atoms with van der Waals surface area (Å²) in [5.41, 5.74) is 1.71. The molecular formula is C16H17ClN2O2. The Hall–Kier alpha value is -1.81. The lowest BCUT2D eigenvalue weighted by Gasteiger charge is -2.60. The first-order chi connectivity index (χ1) is 9.92. The van der Waals surface area contributed by atoms with Crippen molar-refractivity contribution >= 4 is 23.4 Å². The second-order valence-electron chi connectivity index (χ2n) is 6.08. The van der Waals surface area contributed by atoms with E-state index in [9.17, 15) is 9.59 Å². The van der Waals surface area contributed by atoms with Crippen LogP contribution in [0.5, 0.6) is 0 Å². The molecule has 110 valence electrons. The van der Waals surface area contributed by atoms with Crippen LogP contribution in [0.15, 0.2) is 30.9 Å². The first-order valence-electron chi connectivity index (χ1n) is 6.90. The molecule has 2 aliphatic rings. The van der Waals surface area contributed by atoms with Gasteiger partial charge in [0.25, 0.3) is 5.91 Å². The van der Waals surface area contributed by atoms with Gasteiger partial charge in [-0.2, -0.15) is 0 Å². The van der Waals surface area contributed by atoms with Crippen LogP contribution in [0, 0.1) is 12.3 Å². The topological polar surface area (TPSA) is 40.6 Å². The van der Waals surface area contributed by atoms with Gasteiger partial charge in [0.1, 0.15) is 0 Å². The lowest BCUT2D eigenvalue weighted by molar-refractivity contribution is -0.149. The van der Waals surface area contributed by atoms with Gasteiger partial charge in [-0.1, -0.05) is 18.2 Å². The molecule has 0 aromatic heterocycles. The SMILES string of the molecule is C=CC(=O)N1CC2(C1)CN(C(=O)c1cc(C)cc(Cl)c1)C2. The van der Waals surface area contributed by atoms with Crippen LogP contribution in [-0.2, 0) is 4.79 Å². The van der Waals surface area contributed by atoms with E-state index in [1.54, 1.807) is 11.0 Å². The lowest BCUT2D eigenvalue weighted by atomic mass is 9.72. The zero-order valence-corrected chi connectivity index (χ0v) is 12.7. The highest BCUT2D eigenvalue weighted by Crippen LogP contribution is 2.40. The molecule has 3 rings (SSSR count). The van der Waals surface area contributed by atoms with E-state index in [-0.39, 0.29) is 17.2 Å². The molecule has 0 bridgehead atoms. The van der Waals surface area contributed by atoms with Crippen molar-refractivity contribution in [1.82, 2.24) is 9.80 Å². The Bertz CT molecular complexity index is 607. The molecule has 2 heterocycles. The van der Waals surface area contributed by atoms with Gasteiger partial charge in [0.2, 0.25) is 5.91 Å². The third-order valence-corrected chi connectivity index (χ3v) is 4.39. The van der Waals surface area contributed by atoms with Gasteiger partial charge in [0.05, 0.1) is 0 Å². The smallest absolute Gasteiger partial charge is 0.253 e. The quantitative estimate of drug-likeness (QED) is 0.785. The van der Waals surface area contributed by atoms with Gasteiger partial charge in [-0.3, -0.25) is 9.59 Å². The fraction of sp³-hybridized carbons (Fsp3) is 0.375. The molecule has 0 saturated carbocycles. The number of hydrogen-bond acceptors (Lipinski definition) is 2. The number of carbonyl (C=O) groups is 2. The lowest BCUT2D eigenvalue weighted by Crippen LogP contribution is -2.73. The number of halogens is 1. The Kier molecular flexibility index (Phi) is 3.29. The number of carbonyl (C=O) groups excluding carboxylic acids is 2. The Morgan fingerprint density at radius 2 is 1.81 bits per heavy atom. The molecule has 2 saturated heterocycles. The molecule has 1 aromatic rings. The monoisotopic (exact) mass is 304 g/mol. The van der Waals surface area contributed by atoms with E-state index in [1.807, 2.05) is 24.0 Å². The Labute approximate surface area is 129 Å². The third kappa shape index (κ3) is 2.44. The van der Waals surface area contributed by atoms with Gasteiger partial charge in [0, 0.05) is 42.2 Å². The van der Waals surface area contributed by atoms with E-state index in [0.29, 0.717) is 23.7 Å². The van der Waals surface area contributed by atoms with Crippen LogP contribution >= 0.6 is 11.6 Å². The van der Waals surface area contributed by atoms with E-state index in [2.05, 4.69) is 6.58 Å². The molecule has 0 radical (unpaired) electrons. The van der Waals surface area contributed by atoms with Gasteiger partial charge in [0.15, 0.2) is 0 Å². The van der Waals surface area contributed by atoms with Crippen LogP contribution in [-0.4, -0.2) is 47.8 Å². The standard InChI is InChI=1S/C16H17ClN2O2/c1-3-14(20)18-7-16(8-18)9-19(10-16)15(21)12-4-11(2)5-13(17)6-12/h3-6H,1,7-10H2,2H3. The Morgan fingerprint density at radius 1 is 1.19 bits per heavy atom. The summed E-state index contributed by atoms with van der Waals surface area (Å²) in [5.74, 6) is -0.0180. The fourth-order valence-corrected chi connectivity index (χ4v) is 3.49. The van der Waals surface area contributed by atoms with E-state index in [4.69, 9.17) is 11.6 Å². The molecule has 2 fully saturated rings. The highest BCUT2D eigenvalue weighted by Gasteiger charge is 2.54. The van der Waals surface area contributed by atoms with Crippen molar-refractivity contribution in [3.8, 4) is 0 Å². The molecular weight excluding hydrogens is 288 g/mol. The number of benzene rings is 1. The summed E-state index contributed by atoms with van der Waals surface area (Å²) < 4.78 is 0. The minimum absolute atomic E-state index is 0.0136. The van der Waals surface area contributed by atoms with Gasteiger partial charge < -0.3 is 9.80 Å². The van der Waals surface area contributed by atoms with Crippen molar-refractivity contribution in [2.45, 2.75) is 6.92 Å². The maximum atomic E-state index is 12.4. The minimum Gasteiger partial charge on any atom is -0.338 e. The summed E-state index contributed by atoms with van der Waals surface area (Å²) in [7, 11) is 0. The molecule has 21 heavy (non-hydrogen) atoms. The second-order valence-corrected chi connectivity index (χ2v) is 6.51. The maximum absolute atomic E-state index is 12.4. The summed E-state index contributed by atoms with van der Waals surface area (Å²) in [6.07, 6.45) is 1.34. The molecule has 1 spiro atoms. The summed E-state index contributed by atoms with van der Waals surface area (Å²) >= 11 is 6.00. The van der Waals surface area contributed by atoms with Crippen molar-refractivity contribution < 1.29 is 9.59 Å². The normalized spacial score (nSPS) is 19.0. The Balaban J connectivity index is 1.61. The largest absolute Gasteiger partial charge is 0.338 e. The van der Waals surface area contributed by atoms with Gasteiger partial charge >= 0.3 is 0 Å². The number of nitrogens with zero attached hydrogens (tertiary/aromatic N) is 2. The summed E-state index contributed by atoms with van der Waals surface area (Å²) in [6.45, 7) is 8.26. The Morgan fingerprint density at radius 3 is 2.38 bits per heavy atom. The molecule has 2 amide bonds. The molecule has 4 nitrogen and oxygen atoms in total. The van der Waals surface area contributed by atoms with Gasteiger partial charge in [-0.15, -0.1) is 0 Å². The molecule has 0 atom stereocenters. The van der Waals surface area contributed by atoms with Crippen molar-refractivity contribution in [3.05, 3.63) is 47.0 Å². The summed E-state index contributed by atoms with van der Waals surface area (Å²) in [6, 6.07) is 5.39. The van der Waals surface area contributed by atoms with Crippen LogP contribution in [0.4, 0.5) is 0 Å². The average molecular weight is 305 g/mol. The molecule has 0 unspecified atom stereocenters. The molecule has 0 aliphatic carbocycles.